The van der Waals surface area contributed by atoms with E-state index in [2.05, 4.69) is 11.4 Å². The molecule has 3 aliphatic rings. The number of imide groups is 1. The molecule has 11 heteroatoms. The molecule has 4 rings (SSSR count). The highest BCUT2D eigenvalue weighted by Gasteiger charge is 2.60. The normalized spacial score (nSPS) is 28.7. The Hall–Kier alpha value is -3.21. The van der Waals surface area contributed by atoms with E-state index in [0.29, 0.717) is 42.0 Å². The van der Waals surface area contributed by atoms with Crippen molar-refractivity contribution in [1.82, 2.24) is 15.1 Å². The highest BCUT2D eigenvalue weighted by atomic mass is 32.2. The summed E-state index contributed by atoms with van der Waals surface area (Å²) in [5.74, 6) is -0.986. The number of primary amides is 1. The van der Waals surface area contributed by atoms with Gasteiger partial charge in [0.2, 0.25) is 11.8 Å². The summed E-state index contributed by atoms with van der Waals surface area (Å²) in [6.45, 7) is 7.25. The number of nitrogens with two attached hydrogens (primary N) is 1. The molecule has 1 aliphatic carbocycles. The first kappa shape index (κ1) is 30.7. The van der Waals surface area contributed by atoms with Gasteiger partial charge in [0.05, 0.1) is 10.8 Å². The van der Waals surface area contributed by atoms with Crippen molar-refractivity contribution in [3.63, 3.8) is 0 Å². The molecule has 2 fully saturated rings. The van der Waals surface area contributed by atoms with Gasteiger partial charge in [-0.05, 0) is 78.4 Å². The maximum absolute atomic E-state index is 14.0. The summed E-state index contributed by atoms with van der Waals surface area (Å²) >= 11 is 0. The standard InChI is InChI=1S/C30H42N4O6S/c1-20-14-16-22(17-15-20)41(39)30-19-21(30)11-8-6-5-7-9-12-24(34(27(31)37)28(38)40-29(2,3)4)26(36)33-18-10-13-23(33)25(35)32-30/h8,11,14-17,21,23-24H,5-7,9-10,12-13,18-19H2,1-4H3,(H2,31,37)(H,32,35)/b11-8-/t21-,23+,24+,30-,41-/m1/s1. The quantitative estimate of drug-likeness (QED) is 0.511. The van der Waals surface area contributed by atoms with Crippen LogP contribution in [0.25, 0.3) is 0 Å². The Balaban J connectivity index is 1.65. The molecule has 0 bridgehead atoms. The number of nitrogens with one attached hydrogen (secondary N) is 1. The number of carbonyl (C=O) groups is 4. The zero-order valence-electron chi connectivity index (χ0n) is 24.4. The van der Waals surface area contributed by atoms with E-state index < -0.39 is 51.4 Å². The van der Waals surface area contributed by atoms with Gasteiger partial charge in [0.15, 0.2) is 0 Å². The molecular weight excluding hydrogens is 544 g/mol. The molecule has 10 nitrogen and oxygen atoms in total. The number of ether oxygens (including phenoxy) is 1. The lowest BCUT2D eigenvalue weighted by molar-refractivity contribution is -0.142. The van der Waals surface area contributed by atoms with Gasteiger partial charge >= 0.3 is 12.1 Å². The summed E-state index contributed by atoms with van der Waals surface area (Å²) in [5, 5.41) is 3.08. The number of carbonyl (C=O) groups excluding carboxylic acids is 4. The number of hydrogen-bond acceptors (Lipinski definition) is 6. The van der Waals surface area contributed by atoms with E-state index in [-0.39, 0.29) is 18.2 Å². The molecule has 0 unspecified atom stereocenters. The predicted molar refractivity (Wildman–Crippen MR) is 155 cm³/mol. The van der Waals surface area contributed by atoms with Crippen molar-refractivity contribution >= 4 is 34.7 Å². The van der Waals surface area contributed by atoms with Crippen molar-refractivity contribution < 1.29 is 28.1 Å². The first-order valence-electron chi connectivity index (χ1n) is 14.4. The number of rotatable bonds is 3. The largest absolute Gasteiger partial charge is 0.443 e. The second-order valence-electron chi connectivity index (χ2n) is 12.2. The molecule has 3 N–H and O–H groups in total. The smallest absolute Gasteiger partial charge is 0.419 e. The van der Waals surface area contributed by atoms with E-state index in [1.165, 1.54) is 4.90 Å². The lowest BCUT2D eigenvalue weighted by Crippen LogP contribution is -2.59. The fourth-order valence-electron chi connectivity index (χ4n) is 5.64. The summed E-state index contributed by atoms with van der Waals surface area (Å²) in [4.78, 5) is 55.2. The first-order chi connectivity index (χ1) is 19.3. The van der Waals surface area contributed by atoms with Crippen molar-refractivity contribution in [2.45, 2.75) is 107 Å². The molecule has 2 aliphatic heterocycles. The Morgan fingerprint density at radius 2 is 1.80 bits per heavy atom. The van der Waals surface area contributed by atoms with Crippen molar-refractivity contribution in [2.24, 2.45) is 11.7 Å². The van der Waals surface area contributed by atoms with Crippen molar-refractivity contribution in [2.75, 3.05) is 6.54 Å². The van der Waals surface area contributed by atoms with Crippen LogP contribution in [0, 0.1) is 12.8 Å². The second kappa shape index (κ2) is 12.3. The molecule has 1 saturated carbocycles. The maximum atomic E-state index is 14.0. The molecule has 5 amide bonds. The molecule has 0 spiro atoms. The Kier molecular flexibility index (Phi) is 9.25. The Morgan fingerprint density at radius 3 is 2.46 bits per heavy atom. The van der Waals surface area contributed by atoms with Gasteiger partial charge in [-0.1, -0.05) is 42.7 Å². The van der Waals surface area contributed by atoms with E-state index in [1.54, 1.807) is 20.8 Å². The van der Waals surface area contributed by atoms with E-state index in [0.717, 1.165) is 24.8 Å². The minimum atomic E-state index is -1.51. The summed E-state index contributed by atoms with van der Waals surface area (Å²) in [7, 11) is -1.51. The van der Waals surface area contributed by atoms with Crippen molar-refractivity contribution in [3.05, 3.63) is 42.0 Å². The van der Waals surface area contributed by atoms with Crippen LogP contribution in [-0.2, 0) is 25.1 Å². The summed E-state index contributed by atoms with van der Waals surface area (Å²) in [5.41, 5.74) is 5.77. The zero-order valence-corrected chi connectivity index (χ0v) is 25.2. The van der Waals surface area contributed by atoms with Gasteiger partial charge in [0.25, 0.3) is 0 Å². The van der Waals surface area contributed by atoms with Crippen LogP contribution in [0.5, 0.6) is 0 Å². The summed E-state index contributed by atoms with van der Waals surface area (Å²) < 4.78 is 19.3. The van der Waals surface area contributed by atoms with Gasteiger partial charge in [0.1, 0.15) is 22.6 Å². The van der Waals surface area contributed by atoms with E-state index in [9.17, 15) is 23.4 Å². The second-order valence-corrected chi connectivity index (χ2v) is 14.0. The Morgan fingerprint density at radius 1 is 1.10 bits per heavy atom. The number of benzene rings is 1. The third-order valence-corrected chi connectivity index (χ3v) is 9.78. The van der Waals surface area contributed by atoms with Crippen molar-refractivity contribution in [3.8, 4) is 0 Å². The molecule has 0 radical (unpaired) electrons. The Bertz CT molecular complexity index is 1230. The third-order valence-electron chi connectivity index (χ3n) is 7.84. The Labute approximate surface area is 244 Å². The van der Waals surface area contributed by atoms with Crippen LogP contribution in [0.15, 0.2) is 41.3 Å². The number of urea groups is 1. The van der Waals surface area contributed by atoms with Gasteiger partial charge < -0.3 is 20.7 Å². The first-order valence-corrected chi connectivity index (χ1v) is 15.6. The third kappa shape index (κ3) is 6.99. The fraction of sp³-hybridized carbons (Fsp3) is 0.600. The average molecular weight is 587 g/mol. The van der Waals surface area contributed by atoms with Crippen LogP contribution in [-0.4, -0.2) is 67.0 Å². The number of allylic oxidation sites excluding steroid dienone is 1. The topological polar surface area (TPSA) is 139 Å². The van der Waals surface area contributed by atoms with Gasteiger partial charge in [-0.3, -0.25) is 13.8 Å². The van der Waals surface area contributed by atoms with E-state index in [1.807, 2.05) is 37.3 Å². The predicted octanol–water partition coefficient (Wildman–Crippen LogP) is 4.13. The van der Waals surface area contributed by atoms with Crippen LogP contribution in [0.4, 0.5) is 9.59 Å². The molecule has 41 heavy (non-hydrogen) atoms. The minimum absolute atomic E-state index is 0.0884. The minimum Gasteiger partial charge on any atom is -0.443 e. The number of hydrogen-bond donors (Lipinski definition) is 2. The summed E-state index contributed by atoms with van der Waals surface area (Å²) in [6, 6.07) is 4.36. The lowest BCUT2D eigenvalue weighted by atomic mass is 10.0. The van der Waals surface area contributed by atoms with Crippen LogP contribution in [0.2, 0.25) is 0 Å². The van der Waals surface area contributed by atoms with Crippen LogP contribution >= 0.6 is 0 Å². The monoisotopic (exact) mass is 586 g/mol. The van der Waals surface area contributed by atoms with Crippen LogP contribution < -0.4 is 11.1 Å². The van der Waals surface area contributed by atoms with Crippen LogP contribution in [0.3, 0.4) is 0 Å². The maximum Gasteiger partial charge on any atom is 0.419 e. The molecule has 0 aromatic heterocycles. The average Bonchev–Trinajstić information content (AvgIpc) is 3.34. The number of amides is 5. The number of nitrogens with zero attached hydrogens (tertiary/aromatic N) is 2. The SMILES string of the molecule is Cc1ccc([S@@](=O)[C@]23C[C@H]2/C=C\CCCCC[C@H](N(C(N)=O)C(=O)OC(C)(C)C)C(=O)N2CCC[C@H]2C(=O)N3)cc1. The fourth-order valence-corrected chi connectivity index (χ4v) is 7.32. The van der Waals surface area contributed by atoms with Gasteiger partial charge in [0, 0.05) is 17.4 Å². The van der Waals surface area contributed by atoms with Crippen molar-refractivity contribution in [1.29, 1.82) is 0 Å². The van der Waals surface area contributed by atoms with Gasteiger partial charge in [-0.2, -0.15) is 0 Å². The van der Waals surface area contributed by atoms with Gasteiger partial charge in [-0.15, -0.1) is 0 Å². The van der Waals surface area contributed by atoms with E-state index in [4.69, 9.17) is 10.5 Å². The zero-order chi connectivity index (χ0) is 29.9. The number of aryl methyl sites for hydroxylation is 1. The van der Waals surface area contributed by atoms with Crippen LogP contribution in [0.1, 0.15) is 77.7 Å². The summed E-state index contributed by atoms with van der Waals surface area (Å²) in [6.07, 6.45) is 7.81. The molecule has 1 aromatic rings. The molecule has 1 aromatic carbocycles. The molecule has 1 saturated heterocycles. The van der Waals surface area contributed by atoms with Gasteiger partial charge in [-0.25, -0.2) is 14.5 Å². The molecule has 224 valence electrons. The number of fused-ring (bicyclic) bond motifs is 2. The molecular formula is C30H42N4O6S. The van der Waals surface area contributed by atoms with E-state index >= 15 is 0 Å². The highest BCUT2D eigenvalue weighted by Crippen LogP contribution is 2.50. The lowest BCUT2D eigenvalue weighted by Gasteiger charge is -2.34. The highest BCUT2D eigenvalue weighted by molar-refractivity contribution is 7.86. The molecule has 5 atom stereocenters. The molecule has 2 heterocycles.